The van der Waals surface area contributed by atoms with Gasteiger partial charge in [-0.25, -0.2) is 4.39 Å². The van der Waals surface area contributed by atoms with E-state index in [0.29, 0.717) is 18.6 Å². The third-order valence-corrected chi connectivity index (χ3v) is 4.33. The standard InChI is InChI=1S/C19H30BrFO4/c1-18(2,9-11-20)24-12-10-19(3,4)25-16-8-7-14(13-15(16)21)17(22-5)23-6/h7-8,13,17H,9-12H2,1-6H3. The largest absolute Gasteiger partial charge is 0.485 e. The number of ether oxygens (including phenoxy) is 4. The van der Waals surface area contributed by atoms with E-state index in [0.717, 1.165) is 11.8 Å². The first kappa shape index (κ1) is 22.4. The first-order valence-corrected chi connectivity index (χ1v) is 9.50. The smallest absolute Gasteiger partial charge is 0.183 e. The summed E-state index contributed by atoms with van der Waals surface area (Å²) >= 11 is 3.43. The third-order valence-electron chi connectivity index (χ3n) is 3.94. The highest BCUT2D eigenvalue weighted by Gasteiger charge is 2.25. The van der Waals surface area contributed by atoms with Gasteiger partial charge in [0.25, 0.3) is 0 Å². The van der Waals surface area contributed by atoms with Gasteiger partial charge < -0.3 is 18.9 Å². The monoisotopic (exact) mass is 420 g/mol. The Morgan fingerprint density at radius 1 is 1.04 bits per heavy atom. The van der Waals surface area contributed by atoms with Crippen molar-refractivity contribution in [1.29, 1.82) is 0 Å². The van der Waals surface area contributed by atoms with Crippen LogP contribution in [0.5, 0.6) is 5.75 Å². The van der Waals surface area contributed by atoms with Crippen molar-refractivity contribution in [2.45, 2.75) is 58.0 Å². The average Bonchev–Trinajstić information content (AvgIpc) is 2.50. The molecule has 0 aliphatic rings. The van der Waals surface area contributed by atoms with Crippen molar-refractivity contribution < 1.29 is 23.3 Å². The van der Waals surface area contributed by atoms with Crippen LogP contribution in [0, 0.1) is 5.82 Å². The molecule has 1 rings (SSSR count). The summed E-state index contributed by atoms with van der Waals surface area (Å²) in [7, 11) is 3.02. The van der Waals surface area contributed by atoms with Crippen molar-refractivity contribution in [3.05, 3.63) is 29.6 Å². The van der Waals surface area contributed by atoms with Gasteiger partial charge in [-0.15, -0.1) is 0 Å². The normalized spacial score (nSPS) is 12.7. The zero-order valence-corrected chi connectivity index (χ0v) is 17.6. The van der Waals surface area contributed by atoms with Crippen LogP contribution in [0.25, 0.3) is 0 Å². The molecule has 0 heterocycles. The Hall–Kier alpha value is -0.690. The first-order chi connectivity index (χ1) is 11.6. The van der Waals surface area contributed by atoms with Crippen molar-refractivity contribution >= 4 is 15.9 Å². The van der Waals surface area contributed by atoms with Crippen LogP contribution in [-0.4, -0.2) is 37.4 Å². The third kappa shape index (κ3) is 7.60. The van der Waals surface area contributed by atoms with E-state index < -0.39 is 17.7 Å². The fourth-order valence-corrected chi connectivity index (χ4v) is 3.29. The topological polar surface area (TPSA) is 36.9 Å². The molecule has 0 spiro atoms. The fraction of sp³-hybridized carbons (Fsp3) is 0.684. The van der Waals surface area contributed by atoms with Crippen LogP contribution >= 0.6 is 15.9 Å². The van der Waals surface area contributed by atoms with Gasteiger partial charge in [-0.2, -0.15) is 0 Å². The number of rotatable bonds is 11. The summed E-state index contributed by atoms with van der Waals surface area (Å²) in [5.74, 6) is -0.232. The van der Waals surface area contributed by atoms with E-state index in [9.17, 15) is 4.39 Å². The summed E-state index contributed by atoms with van der Waals surface area (Å²) in [4.78, 5) is 0. The Morgan fingerprint density at radius 2 is 1.68 bits per heavy atom. The molecule has 0 bridgehead atoms. The van der Waals surface area contributed by atoms with Crippen LogP contribution < -0.4 is 4.74 Å². The summed E-state index contributed by atoms with van der Waals surface area (Å²) in [5, 5.41) is 0.890. The molecule has 0 atom stereocenters. The van der Waals surface area contributed by atoms with Crippen molar-refractivity contribution in [2.75, 3.05) is 26.2 Å². The van der Waals surface area contributed by atoms with E-state index in [1.165, 1.54) is 20.3 Å². The number of halogens is 2. The van der Waals surface area contributed by atoms with Gasteiger partial charge in [0.05, 0.1) is 12.2 Å². The second kappa shape index (κ2) is 9.86. The van der Waals surface area contributed by atoms with Gasteiger partial charge in [0.1, 0.15) is 5.60 Å². The molecule has 144 valence electrons. The maximum Gasteiger partial charge on any atom is 0.183 e. The predicted molar refractivity (Wildman–Crippen MR) is 101 cm³/mol. The molecule has 0 saturated heterocycles. The molecule has 0 amide bonds. The number of alkyl halides is 1. The molecule has 0 saturated carbocycles. The SMILES string of the molecule is COC(OC)c1ccc(OC(C)(C)CCOC(C)(C)CCBr)c(F)c1. The minimum atomic E-state index is -0.596. The van der Waals surface area contributed by atoms with Crippen LogP contribution in [0.3, 0.4) is 0 Å². The number of hydrogen-bond donors (Lipinski definition) is 0. The quantitative estimate of drug-likeness (QED) is 0.362. The van der Waals surface area contributed by atoms with Gasteiger partial charge >= 0.3 is 0 Å². The predicted octanol–water partition coefficient (Wildman–Crippen LogP) is 5.24. The highest BCUT2D eigenvalue weighted by atomic mass is 79.9. The van der Waals surface area contributed by atoms with E-state index in [2.05, 4.69) is 29.8 Å². The second-order valence-corrected chi connectivity index (χ2v) is 7.95. The zero-order chi connectivity index (χ0) is 19.1. The highest BCUT2D eigenvalue weighted by Crippen LogP contribution is 2.28. The van der Waals surface area contributed by atoms with Gasteiger partial charge in [0.15, 0.2) is 17.9 Å². The Kier molecular flexibility index (Phi) is 8.81. The van der Waals surface area contributed by atoms with E-state index in [1.54, 1.807) is 12.1 Å². The van der Waals surface area contributed by atoms with Gasteiger partial charge in [-0.1, -0.05) is 22.0 Å². The van der Waals surface area contributed by atoms with Crippen LogP contribution in [0.4, 0.5) is 4.39 Å². The fourth-order valence-electron chi connectivity index (χ4n) is 2.34. The Labute approximate surface area is 159 Å². The number of hydrogen-bond acceptors (Lipinski definition) is 4. The molecule has 0 aliphatic heterocycles. The Balaban J connectivity index is 2.67. The van der Waals surface area contributed by atoms with Crippen LogP contribution in [0.1, 0.15) is 52.4 Å². The molecule has 1 aromatic rings. The molecular formula is C19H30BrFO4. The van der Waals surface area contributed by atoms with Gasteiger partial charge in [0.2, 0.25) is 0 Å². The van der Waals surface area contributed by atoms with Crippen molar-refractivity contribution in [1.82, 2.24) is 0 Å². The number of benzene rings is 1. The molecule has 25 heavy (non-hydrogen) atoms. The van der Waals surface area contributed by atoms with Crippen LogP contribution in [0.15, 0.2) is 18.2 Å². The first-order valence-electron chi connectivity index (χ1n) is 8.38. The minimum absolute atomic E-state index is 0.193. The van der Waals surface area contributed by atoms with Gasteiger partial charge in [-0.05, 0) is 46.2 Å². The van der Waals surface area contributed by atoms with Crippen molar-refractivity contribution in [2.24, 2.45) is 0 Å². The maximum absolute atomic E-state index is 14.4. The second-order valence-electron chi connectivity index (χ2n) is 7.15. The average molecular weight is 421 g/mol. The number of methoxy groups -OCH3 is 2. The molecular weight excluding hydrogens is 391 g/mol. The molecule has 0 N–H and O–H groups in total. The summed E-state index contributed by atoms with van der Waals surface area (Å²) < 4.78 is 36.4. The molecule has 0 aliphatic carbocycles. The Bertz CT molecular complexity index is 530. The van der Waals surface area contributed by atoms with Crippen molar-refractivity contribution in [3.63, 3.8) is 0 Å². The van der Waals surface area contributed by atoms with E-state index in [4.69, 9.17) is 18.9 Å². The van der Waals surface area contributed by atoms with E-state index in [1.807, 2.05) is 13.8 Å². The van der Waals surface area contributed by atoms with Crippen LogP contribution in [0.2, 0.25) is 0 Å². The lowest BCUT2D eigenvalue weighted by molar-refractivity contribution is -0.106. The summed E-state index contributed by atoms with van der Waals surface area (Å²) in [6.45, 7) is 8.51. The zero-order valence-electron chi connectivity index (χ0n) is 16.0. The molecule has 0 radical (unpaired) electrons. The summed E-state index contributed by atoms with van der Waals surface area (Å²) in [6.07, 6.45) is 0.977. The van der Waals surface area contributed by atoms with Gasteiger partial charge in [-0.3, -0.25) is 0 Å². The summed E-state index contributed by atoms with van der Waals surface area (Å²) in [6, 6.07) is 4.72. The molecule has 0 fully saturated rings. The highest BCUT2D eigenvalue weighted by molar-refractivity contribution is 9.09. The van der Waals surface area contributed by atoms with E-state index >= 15 is 0 Å². The lowest BCUT2D eigenvalue weighted by atomic mass is 10.0. The van der Waals surface area contributed by atoms with Gasteiger partial charge in [0, 0.05) is 31.5 Å². The van der Waals surface area contributed by atoms with Crippen molar-refractivity contribution in [3.8, 4) is 5.75 Å². The van der Waals surface area contributed by atoms with E-state index in [-0.39, 0.29) is 11.4 Å². The molecule has 6 heteroatoms. The van der Waals surface area contributed by atoms with Crippen LogP contribution in [-0.2, 0) is 14.2 Å². The maximum atomic E-state index is 14.4. The minimum Gasteiger partial charge on any atom is -0.485 e. The molecule has 4 nitrogen and oxygen atoms in total. The lowest BCUT2D eigenvalue weighted by Gasteiger charge is -2.30. The summed E-state index contributed by atoms with van der Waals surface area (Å²) in [5.41, 5.74) is -0.135. The molecule has 0 unspecified atom stereocenters. The molecule has 0 aromatic heterocycles. The lowest BCUT2D eigenvalue weighted by Crippen LogP contribution is -2.33. The Morgan fingerprint density at radius 3 is 2.20 bits per heavy atom. The molecule has 1 aromatic carbocycles.